The van der Waals surface area contributed by atoms with Crippen molar-refractivity contribution in [3.8, 4) is 5.75 Å². The van der Waals surface area contributed by atoms with Gasteiger partial charge in [0.05, 0.1) is 23.4 Å². The van der Waals surface area contributed by atoms with E-state index in [9.17, 15) is 23.6 Å². The highest BCUT2D eigenvalue weighted by molar-refractivity contribution is 6.21. The number of rotatable bonds is 6. The summed E-state index contributed by atoms with van der Waals surface area (Å²) in [6.45, 7) is -0.226. The molecular formula is C26H20FN3O5. The molecule has 0 aromatic heterocycles. The third kappa shape index (κ3) is 4.23. The number of amides is 4. The number of imide groups is 1. The Kier molecular flexibility index (Phi) is 5.74. The summed E-state index contributed by atoms with van der Waals surface area (Å²) in [5.41, 5.74) is 1.80. The molecule has 8 nitrogen and oxygen atoms in total. The number of carbonyl (C=O) groups excluding carboxylic acids is 4. The van der Waals surface area contributed by atoms with Crippen molar-refractivity contribution in [2.24, 2.45) is 0 Å². The number of nitrogens with one attached hydrogen (secondary N) is 1. The van der Waals surface area contributed by atoms with Gasteiger partial charge in [0.2, 0.25) is 5.91 Å². The lowest BCUT2D eigenvalue weighted by atomic mass is 10.1. The Labute approximate surface area is 199 Å². The number of nitrogens with zero attached hydrogens (tertiary/aromatic N) is 2. The summed E-state index contributed by atoms with van der Waals surface area (Å²) in [5, 5.41) is 2.72. The number of ether oxygens (including phenoxy) is 1. The Balaban J connectivity index is 1.28. The molecule has 5 rings (SSSR count). The van der Waals surface area contributed by atoms with Gasteiger partial charge in [0.15, 0.2) is 6.61 Å². The zero-order valence-electron chi connectivity index (χ0n) is 18.5. The van der Waals surface area contributed by atoms with Crippen molar-refractivity contribution < 1.29 is 28.3 Å². The highest BCUT2D eigenvalue weighted by Crippen LogP contribution is 2.36. The van der Waals surface area contributed by atoms with E-state index < -0.39 is 23.5 Å². The smallest absolute Gasteiger partial charge is 0.265 e. The van der Waals surface area contributed by atoms with E-state index in [0.29, 0.717) is 33.8 Å². The van der Waals surface area contributed by atoms with Crippen LogP contribution in [-0.2, 0) is 16.1 Å². The Bertz CT molecular complexity index is 1340. The third-order valence-electron chi connectivity index (χ3n) is 5.91. The quantitative estimate of drug-likeness (QED) is 0.554. The van der Waals surface area contributed by atoms with Gasteiger partial charge in [0.1, 0.15) is 11.6 Å². The van der Waals surface area contributed by atoms with Gasteiger partial charge in [-0.05, 0) is 36.4 Å². The molecule has 0 saturated carbocycles. The van der Waals surface area contributed by atoms with E-state index in [0.717, 1.165) is 4.90 Å². The topological polar surface area (TPSA) is 96.0 Å². The summed E-state index contributed by atoms with van der Waals surface area (Å²) >= 11 is 0. The van der Waals surface area contributed by atoms with E-state index in [1.165, 1.54) is 11.0 Å². The Hall–Kier alpha value is -4.53. The third-order valence-corrected chi connectivity index (χ3v) is 5.91. The fourth-order valence-electron chi connectivity index (χ4n) is 4.13. The molecule has 4 amide bonds. The summed E-state index contributed by atoms with van der Waals surface area (Å²) < 4.78 is 19.7. The molecule has 2 heterocycles. The molecule has 0 bridgehead atoms. The number of benzene rings is 3. The van der Waals surface area contributed by atoms with E-state index in [2.05, 4.69) is 5.32 Å². The fourth-order valence-corrected chi connectivity index (χ4v) is 4.13. The number of carbonyl (C=O) groups is 4. The van der Waals surface area contributed by atoms with Crippen LogP contribution in [0.1, 0.15) is 32.7 Å². The van der Waals surface area contributed by atoms with Crippen molar-refractivity contribution in [2.75, 3.05) is 23.4 Å². The minimum absolute atomic E-state index is 0.0129. The first-order valence-electron chi connectivity index (χ1n) is 11.0. The van der Waals surface area contributed by atoms with Crippen molar-refractivity contribution in [3.63, 3.8) is 0 Å². The highest BCUT2D eigenvalue weighted by atomic mass is 19.1. The van der Waals surface area contributed by atoms with Gasteiger partial charge in [0.25, 0.3) is 17.7 Å². The predicted molar refractivity (Wildman–Crippen MR) is 125 cm³/mol. The Morgan fingerprint density at radius 2 is 1.60 bits per heavy atom. The molecule has 0 spiro atoms. The average Bonchev–Trinajstić information content (AvgIpc) is 3.10. The molecule has 2 aliphatic heterocycles. The molecule has 3 aromatic carbocycles. The molecule has 0 unspecified atom stereocenters. The molecule has 9 heteroatoms. The summed E-state index contributed by atoms with van der Waals surface area (Å²) in [5.74, 6) is -1.59. The van der Waals surface area contributed by atoms with Gasteiger partial charge in [-0.1, -0.05) is 30.3 Å². The van der Waals surface area contributed by atoms with Gasteiger partial charge in [-0.25, -0.2) is 4.39 Å². The first-order valence-corrected chi connectivity index (χ1v) is 11.0. The molecule has 3 aromatic rings. The van der Waals surface area contributed by atoms with E-state index in [1.807, 2.05) is 0 Å². The molecular weight excluding hydrogens is 453 g/mol. The molecule has 0 saturated heterocycles. The van der Waals surface area contributed by atoms with E-state index in [1.54, 1.807) is 60.7 Å². The fraction of sp³-hybridized carbons (Fsp3) is 0.154. The van der Waals surface area contributed by atoms with Crippen LogP contribution in [0.4, 0.5) is 15.8 Å². The highest BCUT2D eigenvalue weighted by Gasteiger charge is 2.35. The van der Waals surface area contributed by atoms with Crippen molar-refractivity contribution in [2.45, 2.75) is 13.0 Å². The second-order valence-corrected chi connectivity index (χ2v) is 8.15. The van der Waals surface area contributed by atoms with Crippen molar-refractivity contribution in [1.29, 1.82) is 0 Å². The summed E-state index contributed by atoms with van der Waals surface area (Å²) in [4.78, 5) is 52.5. The van der Waals surface area contributed by atoms with Crippen LogP contribution in [-0.4, -0.2) is 41.7 Å². The van der Waals surface area contributed by atoms with E-state index in [-0.39, 0.29) is 32.0 Å². The van der Waals surface area contributed by atoms with Crippen LogP contribution in [0.5, 0.6) is 5.75 Å². The summed E-state index contributed by atoms with van der Waals surface area (Å²) in [6, 6.07) is 17.5. The molecule has 35 heavy (non-hydrogen) atoms. The zero-order valence-corrected chi connectivity index (χ0v) is 18.5. The predicted octanol–water partition coefficient (Wildman–Crippen LogP) is 3.38. The lowest BCUT2D eigenvalue weighted by molar-refractivity contribution is -0.121. The van der Waals surface area contributed by atoms with E-state index >= 15 is 0 Å². The monoisotopic (exact) mass is 473 g/mol. The molecule has 0 aliphatic carbocycles. The van der Waals surface area contributed by atoms with Crippen LogP contribution < -0.4 is 15.0 Å². The van der Waals surface area contributed by atoms with Crippen LogP contribution in [0.2, 0.25) is 0 Å². The SMILES string of the molecule is O=C(CCN1C(=O)c2ccccc2C1=O)Nc1ccc2c(c1)N(Cc1ccccc1F)C(=O)CO2. The molecule has 0 atom stereocenters. The molecule has 1 N–H and O–H groups in total. The van der Waals surface area contributed by atoms with Crippen LogP contribution in [0.3, 0.4) is 0 Å². The van der Waals surface area contributed by atoms with Crippen molar-refractivity contribution >= 4 is 35.0 Å². The summed E-state index contributed by atoms with van der Waals surface area (Å²) in [7, 11) is 0. The molecule has 2 aliphatic rings. The lowest BCUT2D eigenvalue weighted by Gasteiger charge is -2.30. The van der Waals surface area contributed by atoms with Crippen LogP contribution in [0.15, 0.2) is 66.7 Å². The van der Waals surface area contributed by atoms with Crippen molar-refractivity contribution in [1.82, 2.24) is 4.90 Å². The van der Waals surface area contributed by atoms with Gasteiger partial charge in [-0.3, -0.25) is 24.1 Å². The maximum absolute atomic E-state index is 14.2. The minimum atomic E-state index is -0.425. The minimum Gasteiger partial charge on any atom is -0.482 e. The second-order valence-electron chi connectivity index (χ2n) is 8.15. The van der Waals surface area contributed by atoms with Gasteiger partial charge >= 0.3 is 0 Å². The largest absolute Gasteiger partial charge is 0.482 e. The van der Waals surface area contributed by atoms with E-state index in [4.69, 9.17) is 4.74 Å². The maximum Gasteiger partial charge on any atom is 0.265 e. The van der Waals surface area contributed by atoms with Gasteiger partial charge in [-0.15, -0.1) is 0 Å². The lowest BCUT2D eigenvalue weighted by Crippen LogP contribution is -2.38. The number of anilines is 2. The molecule has 176 valence electrons. The molecule has 0 radical (unpaired) electrons. The number of hydrogen-bond donors (Lipinski definition) is 1. The number of hydrogen-bond acceptors (Lipinski definition) is 5. The standard InChI is InChI=1S/C26H20FN3O5/c27-20-8-4-1-5-16(20)14-30-21-13-17(9-10-22(21)35-15-24(30)32)28-23(31)11-12-29-25(33)18-6-2-3-7-19(18)26(29)34/h1-10,13H,11-12,14-15H2,(H,28,31). The Morgan fingerprint density at radius 1 is 0.914 bits per heavy atom. The number of fused-ring (bicyclic) bond motifs is 2. The normalized spacial score (nSPS) is 14.5. The van der Waals surface area contributed by atoms with Crippen LogP contribution >= 0.6 is 0 Å². The van der Waals surface area contributed by atoms with Gasteiger partial charge in [-0.2, -0.15) is 0 Å². The summed E-state index contributed by atoms with van der Waals surface area (Å²) in [6.07, 6.45) is -0.100. The van der Waals surface area contributed by atoms with Gasteiger partial charge in [0, 0.05) is 24.2 Å². The van der Waals surface area contributed by atoms with Gasteiger partial charge < -0.3 is 15.0 Å². The average molecular weight is 473 g/mol. The zero-order chi connectivity index (χ0) is 24.5. The Morgan fingerprint density at radius 3 is 2.31 bits per heavy atom. The first kappa shape index (κ1) is 22.3. The maximum atomic E-state index is 14.2. The number of halogens is 1. The first-order chi connectivity index (χ1) is 16.9. The molecule has 0 fully saturated rings. The van der Waals surface area contributed by atoms with Crippen molar-refractivity contribution in [3.05, 3.63) is 89.2 Å². The second kappa shape index (κ2) is 9.02. The van der Waals surface area contributed by atoms with Crippen LogP contribution in [0.25, 0.3) is 0 Å². The van der Waals surface area contributed by atoms with Crippen LogP contribution in [0, 0.1) is 5.82 Å².